The summed E-state index contributed by atoms with van der Waals surface area (Å²) in [4.78, 5) is 46.8. The summed E-state index contributed by atoms with van der Waals surface area (Å²) in [5, 5.41) is 10.4. The molecule has 2 aliphatic heterocycles. The molecule has 2 aromatic heterocycles. The molecule has 0 aliphatic carbocycles. The lowest BCUT2D eigenvalue weighted by atomic mass is 10.1. The molecule has 0 aromatic carbocycles. The van der Waals surface area contributed by atoms with Gasteiger partial charge in [0, 0.05) is 56.4 Å². The SMILES string of the molecule is CC(=O)N1CCCN(C2=C(C(=O)O)C(=O)/C(=C/c3c[nH]c4ncccc34)O2)CC1. The van der Waals surface area contributed by atoms with Gasteiger partial charge in [-0.1, -0.05) is 0 Å². The molecule has 2 aromatic rings. The summed E-state index contributed by atoms with van der Waals surface area (Å²) >= 11 is 0. The Kier molecular flexibility index (Phi) is 4.79. The molecular weight excluding hydrogens is 376 g/mol. The van der Waals surface area contributed by atoms with Gasteiger partial charge in [0.1, 0.15) is 5.65 Å². The van der Waals surface area contributed by atoms with Crippen molar-refractivity contribution in [2.75, 3.05) is 26.2 Å². The number of allylic oxidation sites excluding steroid dienone is 1. The fourth-order valence-corrected chi connectivity index (χ4v) is 3.60. The Bertz CT molecular complexity index is 1070. The number of hydrogen-bond donors (Lipinski definition) is 2. The molecule has 9 heteroatoms. The lowest BCUT2D eigenvalue weighted by Crippen LogP contribution is -2.33. The van der Waals surface area contributed by atoms with Gasteiger partial charge in [-0.3, -0.25) is 9.59 Å². The molecular formula is C20H20N4O5. The largest absolute Gasteiger partial charge is 0.477 e. The second-order valence-electron chi connectivity index (χ2n) is 6.92. The van der Waals surface area contributed by atoms with Crippen molar-refractivity contribution in [2.24, 2.45) is 0 Å². The van der Waals surface area contributed by atoms with Gasteiger partial charge in [-0.25, -0.2) is 9.78 Å². The van der Waals surface area contributed by atoms with Crippen LogP contribution in [0, 0.1) is 0 Å². The average molecular weight is 396 g/mol. The van der Waals surface area contributed by atoms with Gasteiger partial charge in [0.2, 0.25) is 17.6 Å². The van der Waals surface area contributed by atoms with Crippen LogP contribution in [0.2, 0.25) is 0 Å². The van der Waals surface area contributed by atoms with E-state index in [1.54, 1.807) is 28.3 Å². The number of ether oxygens (including phenoxy) is 1. The van der Waals surface area contributed by atoms with Gasteiger partial charge in [0.05, 0.1) is 0 Å². The van der Waals surface area contributed by atoms with Crippen LogP contribution in [0.1, 0.15) is 18.9 Å². The zero-order valence-electron chi connectivity index (χ0n) is 15.8. The van der Waals surface area contributed by atoms with Crippen LogP contribution < -0.4 is 0 Å². The number of carbonyl (C=O) groups excluding carboxylic acids is 2. The molecule has 4 heterocycles. The topological polar surface area (TPSA) is 116 Å². The third kappa shape index (κ3) is 3.46. The smallest absolute Gasteiger partial charge is 0.345 e. The summed E-state index contributed by atoms with van der Waals surface area (Å²) in [7, 11) is 0. The number of fused-ring (bicyclic) bond motifs is 1. The second kappa shape index (κ2) is 7.42. The van der Waals surface area contributed by atoms with Gasteiger partial charge >= 0.3 is 5.97 Å². The lowest BCUT2D eigenvalue weighted by molar-refractivity contribution is -0.134. The van der Waals surface area contributed by atoms with Crippen molar-refractivity contribution in [1.82, 2.24) is 19.8 Å². The Hall–Kier alpha value is -3.62. The van der Waals surface area contributed by atoms with Gasteiger partial charge < -0.3 is 24.6 Å². The minimum atomic E-state index is -1.33. The van der Waals surface area contributed by atoms with E-state index in [-0.39, 0.29) is 23.1 Å². The highest BCUT2D eigenvalue weighted by atomic mass is 16.5. The molecule has 0 atom stereocenters. The van der Waals surface area contributed by atoms with Crippen LogP contribution in [0.5, 0.6) is 0 Å². The van der Waals surface area contributed by atoms with E-state index in [4.69, 9.17) is 4.74 Å². The van der Waals surface area contributed by atoms with E-state index in [1.165, 1.54) is 13.0 Å². The van der Waals surface area contributed by atoms with E-state index in [0.717, 1.165) is 5.39 Å². The molecule has 1 amide bonds. The quantitative estimate of drug-likeness (QED) is 0.594. The zero-order chi connectivity index (χ0) is 20.5. The molecule has 0 radical (unpaired) electrons. The number of aromatic nitrogens is 2. The Labute approximate surface area is 166 Å². The first-order valence-electron chi connectivity index (χ1n) is 9.30. The number of carbonyl (C=O) groups is 3. The highest BCUT2D eigenvalue weighted by Gasteiger charge is 2.38. The first-order chi connectivity index (χ1) is 14.0. The van der Waals surface area contributed by atoms with Crippen LogP contribution in [0.3, 0.4) is 0 Å². The number of nitrogens with zero attached hydrogens (tertiary/aromatic N) is 3. The summed E-state index contributed by atoms with van der Waals surface area (Å²) in [6.45, 7) is 3.41. The van der Waals surface area contributed by atoms with Crippen molar-refractivity contribution >= 4 is 34.8 Å². The lowest BCUT2D eigenvalue weighted by Gasteiger charge is -2.23. The first kappa shape index (κ1) is 18.7. The van der Waals surface area contributed by atoms with Crippen molar-refractivity contribution in [3.63, 3.8) is 0 Å². The second-order valence-corrected chi connectivity index (χ2v) is 6.92. The van der Waals surface area contributed by atoms with Crippen LogP contribution in [0.15, 0.2) is 41.7 Å². The number of Topliss-reactive ketones (excluding diaryl/α,β-unsaturated/α-hetero) is 1. The van der Waals surface area contributed by atoms with E-state index in [0.29, 0.717) is 43.8 Å². The Balaban J connectivity index is 1.64. The standard InChI is InChI=1S/C20H20N4O5/c1-12(25)23-6-3-7-24(9-8-23)19-16(20(27)28)17(26)15(29-19)10-13-11-22-18-14(13)4-2-5-21-18/h2,4-5,10-11H,3,6-9H2,1H3,(H,21,22)(H,27,28)/b15-10-. The van der Waals surface area contributed by atoms with Gasteiger partial charge in [-0.15, -0.1) is 0 Å². The maximum atomic E-state index is 12.8. The maximum absolute atomic E-state index is 12.8. The number of pyridine rings is 1. The van der Waals surface area contributed by atoms with Crippen molar-refractivity contribution in [2.45, 2.75) is 13.3 Å². The molecule has 0 unspecified atom stereocenters. The molecule has 0 saturated carbocycles. The van der Waals surface area contributed by atoms with Crippen molar-refractivity contribution < 1.29 is 24.2 Å². The van der Waals surface area contributed by atoms with E-state index in [2.05, 4.69) is 9.97 Å². The summed E-state index contributed by atoms with van der Waals surface area (Å²) < 4.78 is 5.76. The number of carboxylic acids is 1. The number of carboxylic acid groups (broad SMARTS) is 1. The Morgan fingerprint density at radius 2 is 2.10 bits per heavy atom. The highest BCUT2D eigenvalue weighted by Crippen LogP contribution is 2.31. The molecule has 2 aliphatic rings. The molecule has 4 rings (SSSR count). The summed E-state index contributed by atoms with van der Waals surface area (Å²) in [5.41, 5.74) is 0.958. The highest BCUT2D eigenvalue weighted by molar-refractivity contribution is 6.26. The predicted molar refractivity (Wildman–Crippen MR) is 103 cm³/mol. The maximum Gasteiger partial charge on any atom is 0.345 e. The number of nitrogens with one attached hydrogen (secondary N) is 1. The number of H-pyrrole nitrogens is 1. The van der Waals surface area contributed by atoms with Crippen LogP contribution in [0.25, 0.3) is 17.1 Å². The zero-order valence-corrected chi connectivity index (χ0v) is 15.8. The third-order valence-electron chi connectivity index (χ3n) is 5.08. The molecule has 9 nitrogen and oxygen atoms in total. The van der Waals surface area contributed by atoms with E-state index < -0.39 is 11.8 Å². The number of rotatable bonds is 3. The van der Waals surface area contributed by atoms with Crippen molar-refractivity contribution in [1.29, 1.82) is 0 Å². The molecule has 150 valence electrons. The fourth-order valence-electron chi connectivity index (χ4n) is 3.60. The van der Waals surface area contributed by atoms with Gasteiger partial charge in [-0.2, -0.15) is 0 Å². The molecule has 0 spiro atoms. The normalized spacial score (nSPS) is 19.1. The van der Waals surface area contributed by atoms with Gasteiger partial charge in [-0.05, 0) is 24.6 Å². The van der Waals surface area contributed by atoms with Gasteiger partial charge in [0.15, 0.2) is 11.3 Å². The summed E-state index contributed by atoms with van der Waals surface area (Å²) in [5.74, 6) is -2.04. The van der Waals surface area contributed by atoms with Crippen LogP contribution >= 0.6 is 0 Å². The van der Waals surface area contributed by atoms with Crippen LogP contribution in [-0.2, 0) is 19.1 Å². The number of aromatic amines is 1. The fraction of sp³-hybridized carbons (Fsp3) is 0.300. The van der Waals surface area contributed by atoms with Crippen LogP contribution in [-0.4, -0.2) is 68.7 Å². The van der Waals surface area contributed by atoms with Gasteiger partial charge in [0.25, 0.3) is 0 Å². The van der Waals surface area contributed by atoms with Crippen molar-refractivity contribution in [3.8, 4) is 0 Å². The summed E-state index contributed by atoms with van der Waals surface area (Å²) in [6.07, 6.45) is 5.52. The minimum Gasteiger partial charge on any atom is -0.477 e. The number of hydrogen-bond acceptors (Lipinski definition) is 6. The van der Waals surface area contributed by atoms with E-state index in [1.807, 2.05) is 6.07 Å². The Morgan fingerprint density at radius 1 is 1.28 bits per heavy atom. The average Bonchev–Trinajstić information content (AvgIpc) is 3.13. The van der Waals surface area contributed by atoms with E-state index >= 15 is 0 Å². The predicted octanol–water partition coefficient (Wildman–Crippen LogP) is 1.35. The van der Waals surface area contributed by atoms with Crippen molar-refractivity contribution in [3.05, 3.63) is 47.3 Å². The van der Waals surface area contributed by atoms with E-state index in [9.17, 15) is 19.5 Å². The monoisotopic (exact) mass is 396 g/mol. The minimum absolute atomic E-state index is 0.0313. The number of aliphatic carboxylic acids is 1. The Morgan fingerprint density at radius 3 is 2.86 bits per heavy atom. The third-order valence-corrected chi connectivity index (χ3v) is 5.08. The summed E-state index contributed by atoms with van der Waals surface area (Å²) in [6, 6.07) is 3.63. The molecule has 29 heavy (non-hydrogen) atoms. The molecule has 0 bridgehead atoms. The first-order valence-corrected chi connectivity index (χ1v) is 9.30. The molecule has 2 N–H and O–H groups in total. The molecule has 1 fully saturated rings. The van der Waals surface area contributed by atoms with Crippen LogP contribution in [0.4, 0.5) is 0 Å². The number of ketones is 1. The number of amides is 1. The molecule has 1 saturated heterocycles.